The van der Waals surface area contributed by atoms with E-state index < -0.39 is 0 Å². The first kappa shape index (κ1) is 13.3. The van der Waals surface area contributed by atoms with Gasteiger partial charge in [-0.25, -0.2) is 4.39 Å². The van der Waals surface area contributed by atoms with Gasteiger partial charge in [0, 0.05) is 25.7 Å². The van der Waals surface area contributed by atoms with E-state index in [4.69, 9.17) is 0 Å². The van der Waals surface area contributed by atoms with Crippen molar-refractivity contribution < 1.29 is 4.39 Å². The molecule has 0 aliphatic heterocycles. The van der Waals surface area contributed by atoms with Crippen LogP contribution in [0.2, 0.25) is 0 Å². The van der Waals surface area contributed by atoms with Gasteiger partial charge in [0.1, 0.15) is 5.82 Å². The van der Waals surface area contributed by atoms with E-state index in [0.29, 0.717) is 12.1 Å². The van der Waals surface area contributed by atoms with Crippen molar-refractivity contribution in [3.63, 3.8) is 0 Å². The van der Waals surface area contributed by atoms with Crippen molar-refractivity contribution in [2.45, 2.75) is 51.7 Å². The molecule has 1 saturated carbocycles. The van der Waals surface area contributed by atoms with E-state index in [0.717, 1.165) is 17.8 Å². The van der Waals surface area contributed by atoms with Gasteiger partial charge < -0.3 is 10.2 Å². The second-order valence-corrected chi connectivity index (χ2v) is 5.48. The molecule has 1 aliphatic rings. The van der Waals surface area contributed by atoms with Crippen molar-refractivity contribution in [2.75, 3.05) is 11.9 Å². The molecule has 100 valence electrons. The highest BCUT2D eigenvalue weighted by atomic mass is 19.1. The quantitative estimate of drug-likeness (QED) is 0.862. The van der Waals surface area contributed by atoms with Crippen LogP contribution in [-0.4, -0.2) is 19.1 Å². The number of para-hydroxylation sites is 1. The summed E-state index contributed by atoms with van der Waals surface area (Å²) in [5.74, 6) is -0.104. The average Bonchev–Trinajstić information content (AvgIpc) is 2.23. The number of rotatable bonds is 5. The second kappa shape index (κ2) is 5.70. The molecular formula is C15H23FN2. The van der Waals surface area contributed by atoms with Crippen LogP contribution >= 0.6 is 0 Å². The first-order valence-electron chi connectivity index (χ1n) is 6.83. The Labute approximate surface area is 109 Å². The maximum atomic E-state index is 14.1. The van der Waals surface area contributed by atoms with E-state index in [2.05, 4.69) is 24.1 Å². The largest absolute Gasteiger partial charge is 0.369 e. The summed E-state index contributed by atoms with van der Waals surface area (Å²) < 4.78 is 14.1. The summed E-state index contributed by atoms with van der Waals surface area (Å²) in [5, 5.41) is 3.37. The van der Waals surface area contributed by atoms with E-state index in [1.165, 1.54) is 19.3 Å². The van der Waals surface area contributed by atoms with Gasteiger partial charge in [-0.3, -0.25) is 0 Å². The van der Waals surface area contributed by atoms with E-state index in [1.54, 1.807) is 12.1 Å². The fourth-order valence-corrected chi connectivity index (χ4v) is 2.37. The third-order valence-corrected chi connectivity index (χ3v) is 3.75. The molecule has 3 heteroatoms. The first-order chi connectivity index (χ1) is 8.59. The van der Waals surface area contributed by atoms with Crippen LogP contribution in [0.3, 0.4) is 0 Å². The Bertz CT molecular complexity index is 399. The minimum absolute atomic E-state index is 0.104. The Morgan fingerprint density at radius 3 is 2.67 bits per heavy atom. The third-order valence-electron chi connectivity index (χ3n) is 3.75. The zero-order valence-electron chi connectivity index (χ0n) is 11.5. The molecule has 0 heterocycles. The maximum Gasteiger partial charge on any atom is 0.146 e. The van der Waals surface area contributed by atoms with Crippen LogP contribution in [0.5, 0.6) is 0 Å². The lowest BCUT2D eigenvalue weighted by molar-refractivity contribution is 0.396. The number of anilines is 1. The van der Waals surface area contributed by atoms with Gasteiger partial charge in [0.15, 0.2) is 0 Å². The molecule has 0 amide bonds. The van der Waals surface area contributed by atoms with Crippen molar-refractivity contribution in [1.82, 2.24) is 5.32 Å². The predicted molar refractivity (Wildman–Crippen MR) is 74.4 cm³/mol. The molecule has 2 nitrogen and oxygen atoms in total. The monoisotopic (exact) mass is 250 g/mol. The van der Waals surface area contributed by atoms with Gasteiger partial charge in [0.05, 0.1) is 5.69 Å². The number of hydrogen-bond acceptors (Lipinski definition) is 2. The van der Waals surface area contributed by atoms with Crippen LogP contribution in [-0.2, 0) is 6.54 Å². The predicted octanol–water partition coefficient (Wildman–Crippen LogP) is 3.31. The van der Waals surface area contributed by atoms with Crippen molar-refractivity contribution in [3.8, 4) is 0 Å². The Morgan fingerprint density at radius 2 is 2.11 bits per heavy atom. The van der Waals surface area contributed by atoms with Crippen LogP contribution < -0.4 is 10.2 Å². The first-order valence-corrected chi connectivity index (χ1v) is 6.83. The molecule has 1 N–H and O–H groups in total. The summed E-state index contributed by atoms with van der Waals surface area (Å²) in [6.45, 7) is 4.94. The maximum absolute atomic E-state index is 14.1. The lowest BCUT2D eigenvalue weighted by Gasteiger charge is -2.37. The van der Waals surface area contributed by atoms with Crippen molar-refractivity contribution in [2.24, 2.45) is 0 Å². The topological polar surface area (TPSA) is 15.3 Å². The fraction of sp³-hybridized carbons (Fsp3) is 0.600. The molecule has 0 bridgehead atoms. The highest BCUT2D eigenvalue weighted by Gasteiger charge is 2.25. The van der Waals surface area contributed by atoms with E-state index in [9.17, 15) is 4.39 Å². The van der Waals surface area contributed by atoms with Crippen LogP contribution in [0, 0.1) is 5.82 Å². The van der Waals surface area contributed by atoms with Crippen molar-refractivity contribution >= 4 is 5.69 Å². The smallest absolute Gasteiger partial charge is 0.146 e. The summed E-state index contributed by atoms with van der Waals surface area (Å²) in [6.07, 6.45) is 3.63. The van der Waals surface area contributed by atoms with Gasteiger partial charge in [-0.2, -0.15) is 0 Å². The highest BCUT2D eigenvalue weighted by Crippen LogP contribution is 2.32. The lowest BCUT2D eigenvalue weighted by atomic mass is 9.91. The second-order valence-electron chi connectivity index (χ2n) is 5.48. The van der Waals surface area contributed by atoms with Crippen LogP contribution in [0.15, 0.2) is 18.2 Å². The molecule has 0 unspecified atom stereocenters. The van der Waals surface area contributed by atoms with Crippen LogP contribution in [0.25, 0.3) is 0 Å². The van der Waals surface area contributed by atoms with Gasteiger partial charge in [-0.1, -0.05) is 26.0 Å². The Balaban J connectivity index is 2.19. The molecular weight excluding hydrogens is 227 g/mol. The summed E-state index contributed by atoms with van der Waals surface area (Å²) in [7, 11) is 2.01. The molecule has 0 atom stereocenters. The highest BCUT2D eigenvalue weighted by molar-refractivity contribution is 5.55. The molecule has 0 radical (unpaired) electrons. The minimum Gasteiger partial charge on any atom is -0.369 e. The summed E-state index contributed by atoms with van der Waals surface area (Å²) in [5.41, 5.74) is 1.83. The molecule has 1 fully saturated rings. The average molecular weight is 250 g/mol. The number of hydrogen-bond donors (Lipinski definition) is 1. The minimum atomic E-state index is -0.104. The van der Waals surface area contributed by atoms with Gasteiger partial charge >= 0.3 is 0 Å². The molecule has 1 aliphatic carbocycles. The zero-order valence-corrected chi connectivity index (χ0v) is 11.5. The Morgan fingerprint density at radius 1 is 1.39 bits per heavy atom. The molecule has 1 aromatic carbocycles. The Hall–Kier alpha value is -1.09. The van der Waals surface area contributed by atoms with Gasteiger partial charge in [0.2, 0.25) is 0 Å². The van der Waals surface area contributed by atoms with Crippen molar-refractivity contribution in [1.29, 1.82) is 0 Å². The van der Waals surface area contributed by atoms with Gasteiger partial charge in [0.25, 0.3) is 0 Å². The Kier molecular flexibility index (Phi) is 4.23. The number of benzene rings is 1. The summed E-state index contributed by atoms with van der Waals surface area (Å²) in [4.78, 5) is 2.12. The molecule has 0 aromatic heterocycles. The number of nitrogens with zero attached hydrogens (tertiary/aromatic N) is 1. The van der Waals surface area contributed by atoms with Gasteiger partial charge in [-0.15, -0.1) is 0 Å². The van der Waals surface area contributed by atoms with Crippen LogP contribution in [0.4, 0.5) is 10.1 Å². The standard InChI is InChI=1S/C15H23FN2/c1-11(2)17-10-12-6-4-9-14(16)15(12)18(3)13-7-5-8-13/h4,6,9,11,13,17H,5,7-8,10H2,1-3H3. The molecule has 18 heavy (non-hydrogen) atoms. The number of nitrogens with one attached hydrogen (secondary N) is 1. The lowest BCUT2D eigenvalue weighted by Crippen LogP contribution is -2.38. The number of halogens is 1. The SMILES string of the molecule is CC(C)NCc1cccc(F)c1N(C)C1CCC1. The molecule has 2 rings (SSSR count). The van der Waals surface area contributed by atoms with Crippen molar-refractivity contribution in [3.05, 3.63) is 29.6 Å². The van der Waals surface area contributed by atoms with E-state index in [-0.39, 0.29) is 5.82 Å². The third kappa shape index (κ3) is 2.83. The van der Waals surface area contributed by atoms with E-state index >= 15 is 0 Å². The van der Waals surface area contributed by atoms with E-state index in [1.807, 2.05) is 13.1 Å². The van der Waals surface area contributed by atoms with Gasteiger partial charge in [-0.05, 0) is 30.9 Å². The molecule has 0 saturated heterocycles. The summed E-state index contributed by atoms with van der Waals surface area (Å²) in [6, 6.07) is 6.30. The molecule has 0 spiro atoms. The van der Waals surface area contributed by atoms with Crippen LogP contribution in [0.1, 0.15) is 38.7 Å². The fourth-order valence-electron chi connectivity index (χ4n) is 2.37. The molecule has 1 aromatic rings. The summed E-state index contributed by atoms with van der Waals surface area (Å²) >= 11 is 0. The normalized spacial score (nSPS) is 15.8. The zero-order chi connectivity index (χ0) is 13.1.